The Balaban J connectivity index is 2.43. The fourth-order valence-corrected chi connectivity index (χ4v) is 1.65. The highest BCUT2D eigenvalue weighted by molar-refractivity contribution is 5.37. The van der Waals surface area contributed by atoms with E-state index in [1.54, 1.807) is 0 Å². The van der Waals surface area contributed by atoms with Crippen molar-refractivity contribution in [1.82, 2.24) is 0 Å². The third kappa shape index (κ3) is 1.16. The van der Waals surface area contributed by atoms with Crippen molar-refractivity contribution in [2.24, 2.45) is 0 Å². The minimum atomic E-state index is -0.160. The van der Waals surface area contributed by atoms with Crippen molar-refractivity contribution in [2.45, 2.75) is 18.9 Å². The van der Waals surface area contributed by atoms with Crippen molar-refractivity contribution in [1.29, 1.82) is 0 Å². The molecule has 11 heavy (non-hydrogen) atoms. The van der Waals surface area contributed by atoms with Gasteiger partial charge in [0.2, 0.25) is 0 Å². The highest BCUT2D eigenvalue weighted by Crippen LogP contribution is 2.22. The lowest BCUT2D eigenvalue weighted by Crippen LogP contribution is -2.03. The Morgan fingerprint density at radius 2 is 2.00 bits per heavy atom. The fourth-order valence-electron chi connectivity index (χ4n) is 1.65. The summed E-state index contributed by atoms with van der Waals surface area (Å²) in [6.07, 6.45) is 1.46. The average Bonchev–Trinajstić information content (AvgIpc) is 2.27. The van der Waals surface area contributed by atoms with Crippen LogP contribution < -0.4 is 0 Å². The Labute approximate surface area is 66.7 Å². The summed E-state index contributed by atoms with van der Waals surface area (Å²) in [6, 6.07) is 6.12. The van der Waals surface area contributed by atoms with Crippen LogP contribution >= 0.6 is 0 Å². The van der Waals surface area contributed by atoms with Crippen LogP contribution in [0.3, 0.4) is 0 Å². The maximum absolute atomic E-state index is 9.32. The van der Waals surface area contributed by atoms with Crippen molar-refractivity contribution in [3.63, 3.8) is 0 Å². The molecule has 0 saturated heterocycles. The number of aliphatic hydroxyl groups excluding tert-OH is 1. The molecule has 2 rings (SSSR count). The van der Waals surface area contributed by atoms with Crippen molar-refractivity contribution in [2.75, 3.05) is 0 Å². The van der Waals surface area contributed by atoms with Gasteiger partial charge in [-0.15, -0.1) is 0 Å². The molecule has 0 bridgehead atoms. The lowest BCUT2D eigenvalue weighted by Gasteiger charge is -1.97. The highest BCUT2D eigenvalue weighted by atomic mass is 16.3. The predicted molar refractivity (Wildman–Crippen MR) is 44.3 cm³/mol. The van der Waals surface area contributed by atoms with Crippen LogP contribution in [0.4, 0.5) is 0 Å². The minimum absolute atomic E-state index is 0.160. The molecule has 0 spiro atoms. The van der Waals surface area contributed by atoms with Crippen LogP contribution in [0.2, 0.25) is 0 Å². The molecule has 0 amide bonds. The zero-order chi connectivity index (χ0) is 7.84. The third-order valence-electron chi connectivity index (χ3n) is 2.18. The molecule has 0 aromatic heterocycles. The van der Waals surface area contributed by atoms with Crippen molar-refractivity contribution < 1.29 is 5.11 Å². The first-order valence-corrected chi connectivity index (χ1v) is 3.87. The molecule has 1 aromatic carbocycles. The van der Waals surface area contributed by atoms with Crippen LogP contribution in [-0.2, 0) is 12.8 Å². The van der Waals surface area contributed by atoms with E-state index >= 15 is 0 Å². The Hall–Kier alpha value is -0.820. The van der Waals surface area contributed by atoms with Crippen LogP contribution in [0.5, 0.6) is 0 Å². The summed E-state index contributed by atoms with van der Waals surface area (Å²) in [5.74, 6) is 0. The number of hydrogen-bond acceptors (Lipinski definition) is 1. The Morgan fingerprint density at radius 1 is 1.27 bits per heavy atom. The number of hydrogen-bond donors (Lipinski definition) is 1. The van der Waals surface area contributed by atoms with E-state index in [-0.39, 0.29) is 6.10 Å². The molecule has 0 heterocycles. The largest absolute Gasteiger partial charge is 0.392 e. The molecule has 1 aliphatic rings. The van der Waals surface area contributed by atoms with Gasteiger partial charge in [0.15, 0.2) is 0 Å². The van der Waals surface area contributed by atoms with Gasteiger partial charge in [0.25, 0.3) is 0 Å². The van der Waals surface area contributed by atoms with Crippen LogP contribution in [0.15, 0.2) is 18.2 Å². The third-order valence-corrected chi connectivity index (χ3v) is 2.18. The molecule has 1 radical (unpaired) electrons. The van der Waals surface area contributed by atoms with Crippen LogP contribution in [-0.4, -0.2) is 11.2 Å². The standard InChI is InChI=1S/C10H11O/c1-7-2-3-8-5-10(11)6-9(8)4-7/h2-4,10-11H,1,5-6H2. The Bertz CT molecular complexity index is 278. The number of benzene rings is 1. The van der Waals surface area contributed by atoms with Crippen molar-refractivity contribution >= 4 is 0 Å². The topological polar surface area (TPSA) is 20.2 Å². The SMILES string of the molecule is [CH2]c1ccc2c(c1)CC(O)C2. The van der Waals surface area contributed by atoms with E-state index in [0.29, 0.717) is 0 Å². The molecule has 1 unspecified atom stereocenters. The summed E-state index contributed by atoms with van der Waals surface area (Å²) in [4.78, 5) is 0. The molecule has 1 aliphatic carbocycles. The smallest absolute Gasteiger partial charge is 0.0621 e. The molecule has 0 saturated carbocycles. The molecule has 0 aliphatic heterocycles. The first-order chi connectivity index (χ1) is 5.25. The zero-order valence-electron chi connectivity index (χ0n) is 6.38. The van der Waals surface area contributed by atoms with Crippen LogP contribution in [0.25, 0.3) is 0 Å². The molecule has 0 fully saturated rings. The maximum atomic E-state index is 9.32. The molecule has 1 nitrogen and oxygen atoms in total. The lowest BCUT2D eigenvalue weighted by molar-refractivity contribution is 0.187. The average molecular weight is 147 g/mol. The van der Waals surface area contributed by atoms with Gasteiger partial charge in [-0.1, -0.05) is 18.2 Å². The van der Waals surface area contributed by atoms with Crippen molar-refractivity contribution in [3.8, 4) is 0 Å². The van der Waals surface area contributed by atoms with Gasteiger partial charge >= 0.3 is 0 Å². The summed E-state index contributed by atoms with van der Waals surface area (Å²) in [5.41, 5.74) is 3.59. The van der Waals surface area contributed by atoms with E-state index in [2.05, 4.69) is 19.1 Å². The van der Waals surface area contributed by atoms with Crippen LogP contribution in [0, 0.1) is 6.92 Å². The van der Waals surface area contributed by atoms with Gasteiger partial charge in [0, 0.05) is 0 Å². The number of aliphatic hydroxyl groups is 1. The van der Waals surface area contributed by atoms with Gasteiger partial charge in [0.1, 0.15) is 0 Å². The number of rotatable bonds is 0. The van der Waals surface area contributed by atoms with Crippen LogP contribution in [0.1, 0.15) is 16.7 Å². The zero-order valence-corrected chi connectivity index (χ0v) is 6.38. The van der Waals surface area contributed by atoms with Gasteiger partial charge < -0.3 is 5.11 Å². The summed E-state index contributed by atoms with van der Waals surface area (Å²) < 4.78 is 0. The fraction of sp³-hybridized carbons (Fsp3) is 0.300. The molecule has 1 heteroatoms. The summed E-state index contributed by atoms with van der Waals surface area (Å²) in [5, 5.41) is 9.32. The second kappa shape index (κ2) is 2.35. The Morgan fingerprint density at radius 3 is 2.82 bits per heavy atom. The van der Waals surface area contributed by atoms with E-state index in [4.69, 9.17) is 0 Å². The second-order valence-electron chi connectivity index (χ2n) is 3.17. The Kier molecular flexibility index (Phi) is 1.46. The monoisotopic (exact) mass is 147 g/mol. The first-order valence-electron chi connectivity index (χ1n) is 3.87. The quantitative estimate of drug-likeness (QED) is 0.587. The maximum Gasteiger partial charge on any atom is 0.0621 e. The highest BCUT2D eigenvalue weighted by Gasteiger charge is 2.18. The van der Waals surface area contributed by atoms with Crippen molar-refractivity contribution in [3.05, 3.63) is 41.8 Å². The second-order valence-corrected chi connectivity index (χ2v) is 3.17. The van der Waals surface area contributed by atoms with Gasteiger partial charge in [-0.25, -0.2) is 0 Å². The molecular weight excluding hydrogens is 136 g/mol. The van der Waals surface area contributed by atoms with E-state index in [0.717, 1.165) is 18.4 Å². The van der Waals surface area contributed by atoms with Gasteiger partial charge in [0.05, 0.1) is 6.10 Å². The summed E-state index contributed by atoms with van der Waals surface area (Å²) >= 11 is 0. The van der Waals surface area contributed by atoms with Gasteiger partial charge in [-0.05, 0) is 36.5 Å². The van der Waals surface area contributed by atoms with E-state index in [1.807, 2.05) is 6.07 Å². The molecule has 1 N–H and O–H groups in total. The molecule has 1 atom stereocenters. The molecule has 1 aromatic rings. The molecular formula is C10H11O. The lowest BCUT2D eigenvalue weighted by atomic mass is 10.1. The molecule has 57 valence electrons. The van der Waals surface area contributed by atoms with E-state index < -0.39 is 0 Å². The predicted octanol–water partition coefficient (Wildman–Crippen LogP) is 1.33. The summed E-state index contributed by atoms with van der Waals surface area (Å²) in [6.45, 7) is 3.84. The normalized spacial score (nSPS) is 21.8. The minimum Gasteiger partial charge on any atom is -0.392 e. The van der Waals surface area contributed by atoms with E-state index in [1.165, 1.54) is 11.1 Å². The summed E-state index contributed by atoms with van der Waals surface area (Å²) in [7, 11) is 0. The first kappa shape index (κ1) is 6.86. The number of fused-ring (bicyclic) bond motifs is 1. The van der Waals surface area contributed by atoms with Gasteiger partial charge in [-0.2, -0.15) is 0 Å². The van der Waals surface area contributed by atoms with E-state index in [9.17, 15) is 5.11 Å². The van der Waals surface area contributed by atoms with Gasteiger partial charge in [-0.3, -0.25) is 0 Å².